The van der Waals surface area contributed by atoms with Crippen molar-refractivity contribution < 1.29 is 9.59 Å². The summed E-state index contributed by atoms with van der Waals surface area (Å²) in [6.45, 7) is 6.52. The molecule has 2 rings (SSSR count). The largest absolute Gasteiger partial charge is 0.338 e. The Kier molecular flexibility index (Phi) is 9.55. The Morgan fingerprint density at radius 1 is 0.964 bits per heavy atom. The predicted octanol–water partition coefficient (Wildman–Crippen LogP) is 4.50. The number of thiophene rings is 1. The van der Waals surface area contributed by atoms with E-state index in [4.69, 9.17) is 0 Å². The van der Waals surface area contributed by atoms with Crippen LogP contribution < -0.4 is 5.32 Å². The van der Waals surface area contributed by atoms with Gasteiger partial charge in [0.05, 0.1) is 6.54 Å². The van der Waals surface area contributed by atoms with Crippen molar-refractivity contribution in [2.75, 3.05) is 19.6 Å². The molecular weight excluding hydrogens is 370 g/mol. The molecule has 0 spiro atoms. The molecule has 1 aromatic heterocycles. The molecular formula is C22H31N3O2S. The summed E-state index contributed by atoms with van der Waals surface area (Å²) in [4.78, 5) is 30.2. The van der Waals surface area contributed by atoms with Crippen LogP contribution in [-0.2, 0) is 17.9 Å². The summed E-state index contributed by atoms with van der Waals surface area (Å²) in [6.07, 6.45) is 2.79. The number of hydrogen-bond donors (Lipinski definition) is 1. The summed E-state index contributed by atoms with van der Waals surface area (Å²) in [5.41, 5.74) is 1.09. The van der Waals surface area contributed by atoms with Crippen molar-refractivity contribution in [1.29, 1.82) is 0 Å². The number of benzene rings is 1. The maximum atomic E-state index is 13.1. The van der Waals surface area contributed by atoms with Crippen molar-refractivity contribution in [2.24, 2.45) is 0 Å². The Morgan fingerprint density at radius 3 is 2.39 bits per heavy atom. The second kappa shape index (κ2) is 12.2. The molecule has 0 aliphatic rings. The summed E-state index contributed by atoms with van der Waals surface area (Å²) in [7, 11) is 0. The van der Waals surface area contributed by atoms with Gasteiger partial charge in [0.15, 0.2) is 0 Å². The van der Waals surface area contributed by atoms with E-state index >= 15 is 0 Å². The first kappa shape index (κ1) is 22.0. The van der Waals surface area contributed by atoms with E-state index < -0.39 is 0 Å². The minimum absolute atomic E-state index is 0.0312. The Labute approximate surface area is 172 Å². The van der Waals surface area contributed by atoms with Gasteiger partial charge in [-0.1, -0.05) is 56.7 Å². The van der Waals surface area contributed by atoms with E-state index in [1.54, 1.807) is 16.2 Å². The van der Waals surface area contributed by atoms with E-state index in [9.17, 15) is 9.59 Å². The molecule has 5 nitrogen and oxygen atoms in total. The van der Waals surface area contributed by atoms with Gasteiger partial charge in [0.1, 0.15) is 6.54 Å². The summed E-state index contributed by atoms with van der Waals surface area (Å²) >= 11 is 1.64. The molecule has 152 valence electrons. The van der Waals surface area contributed by atoms with Gasteiger partial charge in [-0.25, -0.2) is 4.79 Å². The average molecular weight is 402 g/mol. The van der Waals surface area contributed by atoms with Crippen LogP contribution in [0.2, 0.25) is 0 Å². The molecule has 0 aliphatic heterocycles. The van der Waals surface area contributed by atoms with Crippen molar-refractivity contribution in [2.45, 2.75) is 46.2 Å². The topological polar surface area (TPSA) is 52.7 Å². The molecule has 0 unspecified atom stereocenters. The van der Waals surface area contributed by atoms with Crippen molar-refractivity contribution in [1.82, 2.24) is 15.1 Å². The van der Waals surface area contributed by atoms with E-state index in [1.807, 2.05) is 59.7 Å². The first-order chi connectivity index (χ1) is 13.6. The predicted molar refractivity (Wildman–Crippen MR) is 115 cm³/mol. The number of hydrogen-bond acceptors (Lipinski definition) is 3. The van der Waals surface area contributed by atoms with E-state index in [-0.39, 0.29) is 18.5 Å². The maximum absolute atomic E-state index is 13.1. The Hall–Kier alpha value is -2.34. The first-order valence-corrected chi connectivity index (χ1v) is 10.9. The lowest BCUT2D eigenvalue weighted by atomic mass is 10.2. The maximum Gasteiger partial charge on any atom is 0.317 e. The average Bonchev–Trinajstić information content (AvgIpc) is 3.21. The second-order valence-electron chi connectivity index (χ2n) is 6.82. The standard InChI is InChI=1S/C22H31N3O2S/c1-3-5-13-23-22(27)24(14-4-2)18-21(26)25(17-20-12-9-15-28-20)16-19-10-7-6-8-11-19/h6-12,15H,3-5,13-14,16-18H2,1-2H3,(H,23,27). The van der Waals surface area contributed by atoms with E-state index in [1.165, 1.54) is 0 Å². The lowest BCUT2D eigenvalue weighted by molar-refractivity contribution is -0.133. The van der Waals surface area contributed by atoms with Crippen LogP contribution in [0.5, 0.6) is 0 Å². The quantitative estimate of drug-likeness (QED) is 0.564. The molecule has 3 amide bonds. The van der Waals surface area contributed by atoms with Crippen LogP contribution in [0.4, 0.5) is 4.79 Å². The minimum atomic E-state index is -0.153. The highest BCUT2D eigenvalue weighted by molar-refractivity contribution is 7.09. The van der Waals surface area contributed by atoms with Gasteiger partial charge in [0.25, 0.3) is 0 Å². The van der Waals surface area contributed by atoms with Gasteiger partial charge in [-0.2, -0.15) is 0 Å². The van der Waals surface area contributed by atoms with Crippen molar-refractivity contribution in [3.8, 4) is 0 Å². The molecule has 0 saturated carbocycles. The number of urea groups is 1. The third kappa shape index (κ3) is 7.35. The molecule has 2 aromatic rings. The zero-order valence-corrected chi connectivity index (χ0v) is 17.7. The van der Waals surface area contributed by atoms with Gasteiger partial charge in [0.2, 0.25) is 5.91 Å². The van der Waals surface area contributed by atoms with Gasteiger partial charge < -0.3 is 15.1 Å². The van der Waals surface area contributed by atoms with Crippen LogP contribution >= 0.6 is 11.3 Å². The van der Waals surface area contributed by atoms with Crippen molar-refractivity contribution >= 4 is 23.3 Å². The number of rotatable bonds is 11. The zero-order valence-electron chi connectivity index (χ0n) is 16.9. The van der Waals surface area contributed by atoms with Crippen LogP contribution in [0.3, 0.4) is 0 Å². The summed E-state index contributed by atoms with van der Waals surface area (Å²) in [6, 6.07) is 13.9. The lowest BCUT2D eigenvalue weighted by Crippen LogP contribution is -2.46. The fourth-order valence-electron chi connectivity index (χ4n) is 2.90. The normalized spacial score (nSPS) is 10.5. The summed E-state index contributed by atoms with van der Waals surface area (Å²) in [5.74, 6) is -0.0312. The Balaban J connectivity index is 2.06. The van der Waals surface area contributed by atoms with Crippen LogP contribution in [0.25, 0.3) is 0 Å². The number of carbonyl (C=O) groups is 2. The van der Waals surface area contributed by atoms with E-state index in [0.717, 1.165) is 29.7 Å². The third-order valence-electron chi connectivity index (χ3n) is 4.41. The van der Waals surface area contributed by atoms with Gasteiger partial charge in [-0.15, -0.1) is 11.3 Å². The van der Waals surface area contributed by atoms with Gasteiger partial charge >= 0.3 is 6.03 Å². The van der Waals surface area contributed by atoms with E-state index in [2.05, 4.69) is 12.2 Å². The molecule has 0 aliphatic carbocycles. The molecule has 28 heavy (non-hydrogen) atoms. The monoisotopic (exact) mass is 401 g/mol. The number of nitrogens with zero attached hydrogens (tertiary/aromatic N) is 2. The van der Waals surface area contributed by atoms with Crippen LogP contribution in [0, 0.1) is 0 Å². The highest BCUT2D eigenvalue weighted by atomic mass is 32.1. The fourth-order valence-corrected chi connectivity index (χ4v) is 3.62. The second-order valence-corrected chi connectivity index (χ2v) is 7.85. The number of carbonyl (C=O) groups excluding carboxylic acids is 2. The Bertz CT molecular complexity index is 704. The Morgan fingerprint density at radius 2 is 1.75 bits per heavy atom. The van der Waals surface area contributed by atoms with Crippen molar-refractivity contribution in [3.63, 3.8) is 0 Å². The number of unbranched alkanes of at least 4 members (excludes halogenated alkanes) is 1. The van der Waals surface area contributed by atoms with Crippen LogP contribution in [0.15, 0.2) is 47.8 Å². The van der Waals surface area contributed by atoms with E-state index in [0.29, 0.717) is 26.2 Å². The number of nitrogens with one attached hydrogen (secondary N) is 1. The van der Waals surface area contributed by atoms with Crippen LogP contribution in [0.1, 0.15) is 43.6 Å². The molecule has 0 radical (unpaired) electrons. The molecule has 6 heteroatoms. The van der Waals surface area contributed by atoms with Crippen molar-refractivity contribution in [3.05, 3.63) is 58.3 Å². The zero-order chi connectivity index (χ0) is 20.2. The SMILES string of the molecule is CCCCNC(=O)N(CCC)CC(=O)N(Cc1ccccc1)Cc1cccs1. The smallest absolute Gasteiger partial charge is 0.317 e. The number of amides is 3. The third-order valence-corrected chi connectivity index (χ3v) is 5.27. The van der Waals surface area contributed by atoms with Gasteiger partial charge in [-0.3, -0.25) is 4.79 Å². The molecule has 1 aromatic carbocycles. The first-order valence-electron chi connectivity index (χ1n) is 10.0. The van der Waals surface area contributed by atoms with Crippen LogP contribution in [-0.4, -0.2) is 41.4 Å². The van der Waals surface area contributed by atoms with Gasteiger partial charge in [0, 0.05) is 24.5 Å². The highest BCUT2D eigenvalue weighted by Gasteiger charge is 2.21. The molecule has 0 fully saturated rings. The molecule has 1 N–H and O–H groups in total. The molecule has 1 heterocycles. The lowest BCUT2D eigenvalue weighted by Gasteiger charge is -2.27. The summed E-state index contributed by atoms with van der Waals surface area (Å²) in [5, 5.41) is 4.95. The van der Waals surface area contributed by atoms with Gasteiger partial charge in [-0.05, 0) is 29.9 Å². The molecule has 0 atom stereocenters. The minimum Gasteiger partial charge on any atom is -0.338 e. The fraction of sp³-hybridized carbons (Fsp3) is 0.455. The highest BCUT2D eigenvalue weighted by Crippen LogP contribution is 2.15. The summed E-state index contributed by atoms with van der Waals surface area (Å²) < 4.78 is 0. The molecule has 0 bridgehead atoms. The molecule has 0 saturated heterocycles.